The average molecular weight is 225 g/mol. The first-order chi connectivity index (χ1) is 7.40. The minimum Gasteiger partial charge on any atom is -0.426 e. The van der Waals surface area contributed by atoms with E-state index in [1.54, 1.807) is 0 Å². The van der Waals surface area contributed by atoms with Gasteiger partial charge in [0, 0.05) is 31.1 Å². The Morgan fingerprint density at radius 3 is 2.87 bits per heavy atom. The fourth-order valence-electron chi connectivity index (χ4n) is 1.65. The molecule has 0 unspecified atom stereocenters. The molecule has 82 valence electrons. The van der Waals surface area contributed by atoms with Crippen LogP contribution in [0.25, 0.3) is 0 Å². The molecular weight excluding hydrogens is 210 g/mol. The van der Waals surface area contributed by atoms with Crippen molar-refractivity contribution in [3.8, 4) is 5.75 Å². The van der Waals surface area contributed by atoms with Crippen molar-refractivity contribution in [1.82, 2.24) is 0 Å². The molecule has 15 heavy (non-hydrogen) atoms. The molecule has 1 saturated heterocycles. The number of anilines is 1. The Hall–Kier alpha value is -0.870. The number of hydrogen-bond acceptors (Lipinski definition) is 4. The van der Waals surface area contributed by atoms with E-state index >= 15 is 0 Å². The van der Waals surface area contributed by atoms with E-state index in [2.05, 4.69) is 17.0 Å². The van der Waals surface area contributed by atoms with Crippen LogP contribution in [0.4, 0.5) is 5.69 Å². The Kier molecular flexibility index (Phi) is 3.75. The molecule has 0 spiro atoms. The van der Waals surface area contributed by atoms with E-state index in [0.29, 0.717) is 0 Å². The Morgan fingerprint density at radius 1 is 1.33 bits per heavy atom. The van der Waals surface area contributed by atoms with Crippen molar-refractivity contribution in [3.05, 3.63) is 24.3 Å². The Labute approximate surface area is 94.6 Å². The highest BCUT2D eigenvalue weighted by Gasteiger charge is 2.11. The molecule has 1 aromatic rings. The van der Waals surface area contributed by atoms with Gasteiger partial charge in [-0.25, -0.2) is 0 Å². The van der Waals surface area contributed by atoms with Crippen LogP contribution in [0, 0.1) is 0 Å². The molecule has 0 amide bonds. The highest BCUT2D eigenvalue weighted by atomic mass is 32.2. The fourth-order valence-corrected chi connectivity index (χ4v) is 1.95. The van der Waals surface area contributed by atoms with Gasteiger partial charge in [-0.3, -0.25) is 0 Å². The second-order valence-corrected chi connectivity index (χ2v) is 3.85. The lowest BCUT2D eigenvalue weighted by atomic mass is 10.2. The molecule has 0 bridgehead atoms. The zero-order chi connectivity index (χ0) is 10.5. The first-order valence-corrected chi connectivity index (χ1v) is 6.18. The first kappa shape index (κ1) is 10.6. The third-order valence-corrected chi connectivity index (χ3v) is 2.73. The zero-order valence-electron chi connectivity index (χ0n) is 8.81. The standard InChI is InChI=1S/C11H15NO2S/c1-15-14-11-4-2-3-10(9-11)12-5-7-13-8-6-12/h2-4,9H,5-8H2,1H3. The lowest BCUT2D eigenvalue weighted by Crippen LogP contribution is -2.36. The van der Waals surface area contributed by atoms with E-state index in [9.17, 15) is 0 Å². The molecule has 0 aromatic heterocycles. The molecule has 4 heteroatoms. The monoisotopic (exact) mass is 225 g/mol. The van der Waals surface area contributed by atoms with Crippen molar-refractivity contribution in [3.63, 3.8) is 0 Å². The van der Waals surface area contributed by atoms with Crippen molar-refractivity contribution in [2.24, 2.45) is 0 Å². The molecular formula is C11H15NO2S. The number of ether oxygens (including phenoxy) is 1. The third kappa shape index (κ3) is 2.79. The van der Waals surface area contributed by atoms with Gasteiger partial charge in [0.15, 0.2) is 0 Å². The minimum atomic E-state index is 0.813. The number of hydrogen-bond donors (Lipinski definition) is 0. The maximum atomic E-state index is 5.40. The molecule has 3 nitrogen and oxygen atoms in total. The van der Waals surface area contributed by atoms with Gasteiger partial charge >= 0.3 is 0 Å². The predicted octanol–water partition coefficient (Wildman–Crippen LogP) is 2.18. The molecule has 1 heterocycles. The van der Waals surface area contributed by atoms with Gasteiger partial charge in [-0.1, -0.05) is 6.07 Å². The summed E-state index contributed by atoms with van der Waals surface area (Å²) in [6, 6.07) is 8.18. The van der Waals surface area contributed by atoms with Gasteiger partial charge in [0.1, 0.15) is 5.75 Å². The summed E-state index contributed by atoms with van der Waals surface area (Å²) in [4.78, 5) is 2.32. The molecule has 1 aliphatic heterocycles. The van der Waals surface area contributed by atoms with Crippen LogP contribution in [-0.4, -0.2) is 32.6 Å². The number of morpholine rings is 1. The van der Waals surface area contributed by atoms with E-state index in [1.807, 2.05) is 18.4 Å². The lowest BCUT2D eigenvalue weighted by Gasteiger charge is -2.28. The topological polar surface area (TPSA) is 21.7 Å². The molecule has 0 N–H and O–H groups in total. The second-order valence-electron chi connectivity index (χ2n) is 3.35. The van der Waals surface area contributed by atoms with Crippen molar-refractivity contribution < 1.29 is 8.92 Å². The smallest absolute Gasteiger partial charge is 0.139 e. The maximum Gasteiger partial charge on any atom is 0.139 e. The Morgan fingerprint density at radius 2 is 2.13 bits per heavy atom. The van der Waals surface area contributed by atoms with Crippen LogP contribution in [0.5, 0.6) is 5.75 Å². The van der Waals surface area contributed by atoms with Crippen molar-refractivity contribution in [1.29, 1.82) is 0 Å². The summed E-state index contributed by atoms with van der Waals surface area (Å²) in [6.45, 7) is 3.55. The summed E-state index contributed by atoms with van der Waals surface area (Å²) in [5, 5.41) is 0. The van der Waals surface area contributed by atoms with Crippen LogP contribution in [0.15, 0.2) is 24.3 Å². The van der Waals surface area contributed by atoms with Crippen molar-refractivity contribution >= 4 is 17.7 Å². The largest absolute Gasteiger partial charge is 0.426 e. The highest BCUT2D eigenvalue weighted by Crippen LogP contribution is 2.23. The summed E-state index contributed by atoms with van der Waals surface area (Å²) < 4.78 is 10.7. The van der Waals surface area contributed by atoms with Crippen molar-refractivity contribution in [2.75, 3.05) is 37.5 Å². The molecule has 0 atom stereocenters. The number of nitrogens with zero attached hydrogens (tertiary/aromatic N) is 1. The minimum absolute atomic E-state index is 0.813. The first-order valence-electron chi connectivity index (χ1n) is 5.03. The average Bonchev–Trinajstić information content (AvgIpc) is 2.31. The van der Waals surface area contributed by atoms with Gasteiger partial charge in [-0.05, 0) is 12.1 Å². The van der Waals surface area contributed by atoms with E-state index in [-0.39, 0.29) is 0 Å². The molecule has 0 radical (unpaired) electrons. The molecule has 0 saturated carbocycles. The van der Waals surface area contributed by atoms with Gasteiger partial charge in [-0.2, -0.15) is 0 Å². The van der Waals surface area contributed by atoms with Crippen LogP contribution in [0.2, 0.25) is 0 Å². The molecule has 1 aliphatic rings. The summed E-state index contributed by atoms with van der Waals surface area (Å²) >= 11 is 1.37. The van der Waals surface area contributed by atoms with Crippen LogP contribution < -0.4 is 9.08 Å². The maximum absolute atomic E-state index is 5.40. The SMILES string of the molecule is CSOc1cccc(N2CCOCC2)c1. The Balaban J connectivity index is 2.09. The predicted molar refractivity (Wildman–Crippen MR) is 63.6 cm³/mol. The molecule has 0 aliphatic carbocycles. The lowest BCUT2D eigenvalue weighted by molar-refractivity contribution is 0.122. The van der Waals surface area contributed by atoms with Gasteiger partial charge in [0.05, 0.1) is 25.3 Å². The summed E-state index contributed by atoms with van der Waals surface area (Å²) in [7, 11) is 0. The fraction of sp³-hybridized carbons (Fsp3) is 0.455. The summed E-state index contributed by atoms with van der Waals surface area (Å²) in [5.74, 6) is 0.909. The van der Waals surface area contributed by atoms with Gasteiger partial charge in [0.2, 0.25) is 0 Å². The summed E-state index contributed by atoms with van der Waals surface area (Å²) in [5.41, 5.74) is 1.21. The van der Waals surface area contributed by atoms with Crippen molar-refractivity contribution in [2.45, 2.75) is 0 Å². The van der Waals surface area contributed by atoms with E-state index in [4.69, 9.17) is 8.92 Å². The molecule has 1 aromatic carbocycles. The van der Waals surface area contributed by atoms with E-state index in [0.717, 1.165) is 32.1 Å². The van der Waals surface area contributed by atoms with Crippen LogP contribution >= 0.6 is 12.0 Å². The number of benzene rings is 1. The zero-order valence-corrected chi connectivity index (χ0v) is 9.63. The van der Waals surface area contributed by atoms with E-state index in [1.165, 1.54) is 17.7 Å². The van der Waals surface area contributed by atoms with Crippen LogP contribution in [-0.2, 0) is 4.74 Å². The summed E-state index contributed by atoms with van der Waals surface area (Å²) in [6.07, 6.45) is 1.92. The van der Waals surface area contributed by atoms with Crippen LogP contribution in [0.3, 0.4) is 0 Å². The second kappa shape index (κ2) is 5.28. The molecule has 2 rings (SSSR count). The quantitative estimate of drug-likeness (QED) is 0.735. The Bertz CT molecular complexity index is 313. The van der Waals surface area contributed by atoms with Gasteiger partial charge in [-0.15, -0.1) is 0 Å². The molecule has 1 fully saturated rings. The van der Waals surface area contributed by atoms with Crippen LogP contribution in [0.1, 0.15) is 0 Å². The third-order valence-electron chi connectivity index (χ3n) is 2.37. The van der Waals surface area contributed by atoms with Gasteiger partial charge in [0.25, 0.3) is 0 Å². The van der Waals surface area contributed by atoms with E-state index < -0.39 is 0 Å². The highest BCUT2D eigenvalue weighted by molar-refractivity contribution is 7.94. The van der Waals surface area contributed by atoms with Gasteiger partial charge < -0.3 is 13.8 Å². The number of rotatable bonds is 3. The normalized spacial score (nSPS) is 16.5.